The van der Waals surface area contributed by atoms with Gasteiger partial charge in [0, 0.05) is 26.7 Å². The summed E-state index contributed by atoms with van der Waals surface area (Å²) in [5.74, 6) is 0. The molecule has 1 aromatic rings. The molecule has 2 rings (SSSR count). The molecule has 0 amide bonds. The molecule has 1 aromatic heterocycles. The Morgan fingerprint density at radius 2 is 2.39 bits per heavy atom. The van der Waals surface area contributed by atoms with Gasteiger partial charge in [0.25, 0.3) is 10.0 Å². The summed E-state index contributed by atoms with van der Waals surface area (Å²) in [7, 11) is -2.30. The zero-order chi connectivity index (χ0) is 13.3. The number of nitrogens with one attached hydrogen (secondary N) is 1. The maximum atomic E-state index is 12.5. The molecular weight excluding hydrogens is 278 g/mol. The molecule has 0 aromatic carbocycles. The summed E-state index contributed by atoms with van der Waals surface area (Å²) in [4.78, 5) is 0. The maximum absolute atomic E-state index is 12.5. The van der Waals surface area contributed by atoms with Gasteiger partial charge in [0.2, 0.25) is 0 Å². The number of aromatic nitrogens is 2. The van der Waals surface area contributed by atoms with Crippen LogP contribution >= 0.6 is 11.6 Å². The van der Waals surface area contributed by atoms with E-state index < -0.39 is 16.1 Å². The Balaban J connectivity index is 2.46. The molecule has 2 heterocycles. The van der Waals surface area contributed by atoms with Crippen molar-refractivity contribution in [3.63, 3.8) is 0 Å². The Bertz CT molecular complexity index is 571. The van der Waals surface area contributed by atoms with Gasteiger partial charge in [-0.05, 0) is 0 Å². The second-order valence-electron chi connectivity index (χ2n) is 3.89. The molecule has 0 aliphatic carbocycles. The van der Waals surface area contributed by atoms with E-state index in [2.05, 4.69) is 10.4 Å². The van der Waals surface area contributed by atoms with E-state index in [1.165, 1.54) is 17.9 Å². The lowest BCUT2D eigenvalue weighted by molar-refractivity contribution is 0.309. The van der Waals surface area contributed by atoms with Gasteiger partial charge in [-0.1, -0.05) is 11.6 Å². The first kappa shape index (κ1) is 13.3. The van der Waals surface area contributed by atoms with Crippen molar-refractivity contribution in [1.82, 2.24) is 19.4 Å². The highest BCUT2D eigenvalue weighted by molar-refractivity contribution is 7.89. The SMILES string of the molecule is Cn1ncc(Cl)c1S(=O)(=O)N1CCNCC1C#N. The van der Waals surface area contributed by atoms with Gasteiger partial charge in [-0.3, -0.25) is 4.68 Å². The molecular formula is C9H12ClN5O2S. The molecule has 0 spiro atoms. The molecule has 1 saturated heterocycles. The first-order valence-electron chi connectivity index (χ1n) is 5.28. The fourth-order valence-corrected chi connectivity index (χ4v) is 4.03. The quantitative estimate of drug-likeness (QED) is 0.797. The number of piperazine rings is 1. The van der Waals surface area contributed by atoms with Crippen molar-refractivity contribution in [2.24, 2.45) is 7.05 Å². The summed E-state index contributed by atoms with van der Waals surface area (Å²) in [5, 5.41) is 15.8. The van der Waals surface area contributed by atoms with Crippen LogP contribution in [0.4, 0.5) is 0 Å². The monoisotopic (exact) mass is 289 g/mol. The predicted octanol–water partition coefficient (Wildman–Crippen LogP) is -0.440. The molecule has 0 saturated carbocycles. The fourth-order valence-electron chi connectivity index (χ4n) is 1.88. The Hall–Kier alpha value is -1.14. The lowest BCUT2D eigenvalue weighted by Crippen LogP contribution is -2.53. The van der Waals surface area contributed by atoms with Crippen LogP contribution in [0.2, 0.25) is 5.02 Å². The smallest absolute Gasteiger partial charge is 0.263 e. The number of hydrogen-bond acceptors (Lipinski definition) is 5. The van der Waals surface area contributed by atoms with E-state index in [9.17, 15) is 8.42 Å². The molecule has 1 N–H and O–H groups in total. The standard InChI is InChI=1S/C9H12ClN5O2S/c1-14-9(8(10)6-13-14)18(16,17)15-3-2-12-5-7(15)4-11/h6-7,12H,2-3,5H2,1H3. The van der Waals surface area contributed by atoms with Crippen molar-refractivity contribution in [2.75, 3.05) is 19.6 Å². The topological polar surface area (TPSA) is 91.0 Å². The Morgan fingerprint density at radius 3 is 2.94 bits per heavy atom. The van der Waals surface area contributed by atoms with Gasteiger partial charge >= 0.3 is 0 Å². The molecule has 0 radical (unpaired) electrons. The summed E-state index contributed by atoms with van der Waals surface area (Å²) in [6.07, 6.45) is 1.28. The minimum atomic E-state index is -3.80. The number of nitrogens with zero attached hydrogens (tertiary/aromatic N) is 4. The fraction of sp³-hybridized carbons (Fsp3) is 0.556. The zero-order valence-electron chi connectivity index (χ0n) is 9.67. The number of nitriles is 1. The van der Waals surface area contributed by atoms with E-state index in [0.717, 1.165) is 4.31 Å². The van der Waals surface area contributed by atoms with E-state index in [4.69, 9.17) is 16.9 Å². The average molecular weight is 290 g/mol. The number of hydrogen-bond donors (Lipinski definition) is 1. The van der Waals surface area contributed by atoms with Gasteiger partial charge in [-0.2, -0.15) is 14.7 Å². The second kappa shape index (κ2) is 4.85. The highest BCUT2D eigenvalue weighted by Crippen LogP contribution is 2.25. The number of sulfonamides is 1. The first-order valence-corrected chi connectivity index (χ1v) is 7.10. The van der Waals surface area contributed by atoms with Gasteiger partial charge in [0.1, 0.15) is 6.04 Å². The zero-order valence-corrected chi connectivity index (χ0v) is 11.2. The summed E-state index contributed by atoms with van der Waals surface area (Å²) in [6, 6.07) is 1.25. The molecule has 1 aliphatic heterocycles. The molecule has 7 nitrogen and oxygen atoms in total. The van der Waals surface area contributed by atoms with Crippen molar-refractivity contribution in [2.45, 2.75) is 11.1 Å². The molecule has 1 unspecified atom stereocenters. The lowest BCUT2D eigenvalue weighted by Gasteiger charge is -2.30. The summed E-state index contributed by atoms with van der Waals surface area (Å²) in [5.41, 5.74) is 0. The number of aryl methyl sites for hydroxylation is 1. The van der Waals surface area contributed by atoms with Crippen LogP contribution in [0.1, 0.15) is 0 Å². The van der Waals surface area contributed by atoms with E-state index in [1.807, 2.05) is 6.07 Å². The molecule has 18 heavy (non-hydrogen) atoms. The van der Waals surface area contributed by atoms with Crippen molar-refractivity contribution in [1.29, 1.82) is 5.26 Å². The van der Waals surface area contributed by atoms with Crippen LogP contribution in [-0.4, -0.2) is 48.2 Å². The molecule has 1 atom stereocenters. The van der Waals surface area contributed by atoms with Gasteiger partial charge in [-0.25, -0.2) is 8.42 Å². The Kier molecular flexibility index (Phi) is 3.59. The van der Waals surface area contributed by atoms with Crippen LogP contribution < -0.4 is 5.32 Å². The Morgan fingerprint density at radius 1 is 1.67 bits per heavy atom. The summed E-state index contributed by atoms with van der Waals surface area (Å²) in [6.45, 7) is 1.06. The van der Waals surface area contributed by atoms with E-state index >= 15 is 0 Å². The van der Waals surface area contributed by atoms with Crippen LogP contribution in [0, 0.1) is 11.3 Å². The molecule has 9 heteroatoms. The second-order valence-corrected chi connectivity index (χ2v) is 6.10. The maximum Gasteiger partial charge on any atom is 0.263 e. The third-order valence-corrected chi connectivity index (χ3v) is 5.15. The third-order valence-electron chi connectivity index (χ3n) is 2.74. The number of halogens is 1. The molecule has 98 valence electrons. The van der Waals surface area contributed by atoms with Crippen molar-refractivity contribution in [3.8, 4) is 6.07 Å². The minimum absolute atomic E-state index is 0.0627. The normalized spacial score (nSPS) is 21.7. The van der Waals surface area contributed by atoms with Crippen molar-refractivity contribution >= 4 is 21.6 Å². The van der Waals surface area contributed by atoms with E-state index in [1.54, 1.807) is 0 Å². The van der Waals surface area contributed by atoms with Gasteiger partial charge in [-0.15, -0.1) is 0 Å². The van der Waals surface area contributed by atoms with E-state index in [0.29, 0.717) is 13.1 Å². The lowest BCUT2D eigenvalue weighted by atomic mass is 10.3. The van der Waals surface area contributed by atoms with Crippen LogP contribution in [0.15, 0.2) is 11.2 Å². The largest absolute Gasteiger partial charge is 0.313 e. The number of rotatable bonds is 2. The Labute approximate surface area is 110 Å². The van der Waals surface area contributed by atoms with Gasteiger partial charge < -0.3 is 5.32 Å². The highest BCUT2D eigenvalue weighted by atomic mass is 35.5. The van der Waals surface area contributed by atoms with Crippen LogP contribution in [0.5, 0.6) is 0 Å². The van der Waals surface area contributed by atoms with Crippen LogP contribution in [-0.2, 0) is 17.1 Å². The molecule has 1 aliphatic rings. The third kappa shape index (κ3) is 2.10. The van der Waals surface area contributed by atoms with Crippen LogP contribution in [0.3, 0.4) is 0 Å². The summed E-state index contributed by atoms with van der Waals surface area (Å²) >= 11 is 5.85. The van der Waals surface area contributed by atoms with Crippen molar-refractivity contribution in [3.05, 3.63) is 11.2 Å². The van der Waals surface area contributed by atoms with Crippen molar-refractivity contribution < 1.29 is 8.42 Å². The van der Waals surface area contributed by atoms with E-state index in [-0.39, 0.29) is 16.6 Å². The average Bonchev–Trinajstić information content (AvgIpc) is 2.69. The first-order chi connectivity index (χ1) is 8.48. The minimum Gasteiger partial charge on any atom is -0.313 e. The molecule has 0 bridgehead atoms. The summed E-state index contributed by atoms with van der Waals surface area (Å²) < 4.78 is 27.3. The predicted molar refractivity (Wildman–Crippen MR) is 64.4 cm³/mol. The highest BCUT2D eigenvalue weighted by Gasteiger charge is 2.36. The van der Waals surface area contributed by atoms with Gasteiger partial charge in [0.15, 0.2) is 5.03 Å². The van der Waals surface area contributed by atoms with Gasteiger partial charge in [0.05, 0.1) is 17.3 Å². The van der Waals surface area contributed by atoms with Crippen LogP contribution in [0.25, 0.3) is 0 Å². The molecule has 1 fully saturated rings.